The van der Waals surface area contributed by atoms with Crippen molar-refractivity contribution in [2.75, 3.05) is 13.6 Å². The molecule has 0 aliphatic carbocycles. The number of aliphatic carboxylic acids is 1. The Labute approximate surface area is 127 Å². The lowest BCUT2D eigenvalue weighted by molar-refractivity contribution is -0.137. The van der Waals surface area contributed by atoms with Crippen LogP contribution in [0.4, 0.5) is 0 Å². The van der Waals surface area contributed by atoms with E-state index in [0.717, 1.165) is 14.3 Å². The number of benzene rings is 1. The highest BCUT2D eigenvalue weighted by Gasteiger charge is 2.22. The molecular formula is C12H17BrN2O4S. The lowest BCUT2D eigenvalue weighted by Crippen LogP contribution is -2.40. The highest BCUT2D eigenvalue weighted by Crippen LogP contribution is 2.23. The quantitative estimate of drug-likeness (QED) is 0.771. The number of carboxylic acids is 1. The van der Waals surface area contributed by atoms with Crippen molar-refractivity contribution in [3.8, 4) is 0 Å². The van der Waals surface area contributed by atoms with E-state index in [1.807, 2.05) is 24.3 Å². The third-order valence-electron chi connectivity index (χ3n) is 2.75. The molecule has 112 valence electrons. The van der Waals surface area contributed by atoms with Gasteiger partial charge in [-0.25, -0.2) is 0 Å². The van der Waals surface area contributed by atoms with E-state index in [2.05, 4.69) is 20.7 Å². The Morgan fingerprint density at radius 3 is 2.60 bits per heavy atom. The van der Waals surface area contributed by atoms with Crippen LogP contribution >= 0.6 is 15.9 Å². The van der Waals surface area contributed by atoms with Gasteiger partial charge in [-0.05, 0) is 18.6 Å². The van der Waals surface area contributed by atoms with Crippen LogP contribution in [0, 0.1) is 0 Å². The third-order valence-corrected chi connectivity index (χ3v) is 5.13. The summed E-state index contributed by atoms with van der Waals surface area (Å²) in [5.74, 6) is -1.04. The van der Waals surface area contributed by atoms with Crippen molar-refractivity contribution in [1.29, 1.82) is 0 Å². The van der Waals surface area contributed by atoms with Gasteiger partial charge in [-0.15, -0.1) is 0 Å². The first-order valence-electron chi connectivity index (χ1n) is 5.94. The molecule has 0 aromatic heterocycles. The summed E-state index contributed by atoms with van der Waals surface area (Å²) in [7, 11) is -2.38. The van der Waals surface area contributed by atoms with Gasteiger partial charge in [0.1, 0.15) is 0 Å². The van der Waals surface area contributed by atoms with E-state index in [4.69, 9.17) is 5.11 Å². The van der Waals surface area contributed by atoms with E-state index in [-0.39, 0.29) is 13.0 Å². The van der Waals surface area contributed by atoms with Crippen LogP contribution in [0.2, 0.25) is 0 Å². The zero-order chi connectivity index (χ0) is 15.3. The number of nitrogens with zero attached hydrogens (tertiary/aromatic N) is 1. The van der Waals surface area contributed by atoms with E-state index >= 15 is 0 Å². The molecule has 0 spiro atoms. The van der Waals surface area contributed by atoms with Gasteiger partial charge in [0, 0.05) is 24.1 Å². The Hall–Kier alpha value is -0.960. The average Bonchev–Trinajstić information content (AvgIpc) is 2.35. The minimum Gasteiger partial charge on any atom is -0.481 e. The maximum atomic E-state index is 12.0. The summed E-state index contributed by atoms with van der Waals surface area (Å²) in [6.45, 7) is 1.65. The largest absolute Gasteiger partial charge is 0.481 e. The number of hydrogen-bond donors (Lipinski definition) is 2. The number of carboxylic acid groups (broad SMARTS) is 1. The summed E-state index contributed by atoms with van der Waals surface area (Å²) in [5, 5.41) is 8.58. The maximum Gasteiger partial charge on any atom is 0.304 e. The minimum atomic E-state index is -3.72. The molecule has 20 heavy (non-hydrogen) atoms. The fourth-order valence-corrected chi connectivity index (χ4v) is 3.29. The van der Waals surface area contributed by atoms with Crippen molar-refractivity contribution in [2.45, 2.75) is 19.4 Å². The normalized spacial score (nSPS) is 13.4. The molecule has 0 amide bonds. The first-order valence-corrected chi connectivity index (χ1v) is 8.17. The second-order valence-corrected chi connectivity index (χ2v) is 6.99. The molecule has 1 atom stereocenters. The number of rotatable bonds is 7. The zero-order valence-corrected chi connectivity index (χ0v) is 13.6. The fourth-order valence-electron chi connectivity index (χ4n) is 1.58. The van der Waals surface area contributed by atoms with Crippen molar-refractivity contribution < 1.29 is 18.3 Å². The Kier molecular flexibility index (Phi) is 6.12. The molecule has 0 heterocycles. The second-order valence-electron chi connectivity index (χ2n) is 4.33. The topological polar surface area (TPSA) is 86.7 Å². The van der Waals surface area contributed by atoms with Crippen molar-refractivity contribution in [1.82, 2.24) is 9.03 Å². The van der Waals surface area contributed by atoms with Crippen molar-refractivity contribution in [2.24, 2.45) is 0 Å². The zero-order valence-electron chi connectivity index (χ0n) is 11.2. The van der Waals surface area contributed by atoms with Crippen molar-refractivity contribution >= 4 is 32.1 Å². The van der Waals surface area contributed by atoms with E-state index in [1.165, 1.54) is 7.05 Å². The Bertz CT molecular complexity index is 577. The molecule has 0 aliphatic rings. The van der Waals surface area contributed by atoms with E-state index < -0.39 is 22.2 Å². The van der Waals surface area contributed by atoms with Gasteiger partial charge in [0.25, 0.3) is 10.2 Å². The van der Waals surface area contributed by atoms with Gasteiger partial charge in [-0.1, -0.05) is 34.1 Å². The number of halogens is 1. The van der Waals surface area contributed by atoms with Gasteiger partial charge in [-0.3, -0.25) is 4.79 Å². The Balaban J connectivity index is 2.75. The molecule has 2 N–H and O–H groups in total. The van der Waals surface area contributed by atoms with Gasteiger partial charge in [-0.2, -0.15) is 17.4 Å². The van der Waals surface area contributed by atoms with Gasteiger partial charge in [0.05, 0.1) is 6.42 Å². The number of hydrogen-bond acceptors (Lipinski definition) is 3. The lowest BCUT2D eigenvalue weighted by Gasteiger charge is -2.21. The summed E-state index contributed by atoms with van der Waals surface area (Å²) < 4.78 is 28.4. The Morgan fingerprint density at radius 2 is 2.05 bits per heavy atom. The molecule has 1 unspecified atom stereocenters. The van der Waals surface area contributed by atoms with E-state index in [0.29, 0.717) is 0 Å². The van der Waals surface area contributed by atoms with Crippen LogP contribution in [0.1, 0.15) is 24.9 Å². The molecule has 0 aliphatic heterocycles. The minimum absolute atomic E-state index is 0.0760. The molecular weight excluding hydrogens is 348 g/mol. The average molecular weight is 365 g/mol. The Morgan fingerprint density at radius 1 is 1.45 bits per heavy atom. The van der Waals surface area contributed by atoms with Crippen LogP contribution in [-0.4, -0.2) is 37.4 Å². The summed E-state index contributed by atoms with van der Waals surface area (Å²) >= 11 is 3.37. The van der Waals surface area contributed by atoms with E-state index in [9.17, 15) is 13.2 Å². The molecule has 0 bridgehead atoms. The van der Waals surface area contributed by atoms with Crippen molar-refractivity contribution in [3.63, 3.8) is 0 Å². The van der Waals surface area contributed by atoms with Crippen LogP contribution in [-0.2, 0) is 15.0 Å². The first kappa shape index (κ1) is 17.1. The maximum absolute atomic E-state index is 12.0. The summed E-state index contributed by atoms with van der Waals surface area (Å²) in [4.78, 5) is 10.5. The van der Waals surface area contributed by atoms with Gasteiger partial charge in [0.15, 0.2) is 0 Å². The summed E-state index contributed by atoms with van der Waals surface area (Å²) in [5.41, 5.74) is 0.808. The van der Waals surface area contributed by atoms with Crippen molar-refractivity contribution in [3.05, 3.63) is 34.3 Å². The highest BCUT2D eigenvalue weighted by molar-refractivity contribution is 9.10. The smallest absolute Gasteiger partial charge is 0.304 e. The van der Waals surface area contributed by atoms with Crippen LogP contribution in [0.3, 0.4) is 0 Å². The van der Waals surface area contributed by atoms with Crippen LogP contribution in [0.5, 0.6) is 0 Å². The van der Waals surface area contributed by atoms with Gasteiger partial charge in [0.2, 0.25) is 0 Å². The predicted molar refractivity (Wildman–Crippen MR) is 79.5 cm³/mol. The van der Waals surface area contributed by atoms with Crippen LogP contribution < -0.4 is 4.72 Å². The van der Waals surface area contributed by atoms with Gasteiger partial charge < -0.3 is 5.11 Å². The SMILES string of the molecule is CC(NS(=O)(=O)N(C)CCC(=O)O)c1ccccc1Br. The monoisotopic (exact) mass is 364 g/mol. The molecule has 0 saturated carbocycles. The predicted octanol–water partition coefficient (Wildman–Crippen LogP) is 1.75. The first-order chi connectivity index (χ1) is 9.24. The second kappa shape index (κ2) is 7.16. The summed E-state index contributed by atoms with van der Waals surface area (Å²) in [6, 6.07) is 6.87. The number of nitrogens with one attached hydrogen (secondary N) is 1. The highest BCUT2D eigenvalue weighted by atomic mass is 79.9. The molecule has 6 nitrogen and oxygen atoms in total. The standard InChI is InChI=1S/C12H17BrN2O4S/c1-9(10-5-3-4-6-11(10)13)14-20(18,19)15(2)8-7-12(16)17/h3-6,9,14H,7-8H2,1-2H3,(H,16,17). The fraction of sp³-hybridized carbons (Fsp3) is 0.417. The van der Waals surface area contributed by atoms with Gasteiger partial charge >= 0.3 is 5.97 Å². The molecule has 0 radical (unpaired) electrons. The van der Waals surface area contributed by atoms with Crippen LogP contribution in [0.25, 0.3) is 0 Å². The molecule has 1 rings (SSSR count). The molecule has 1 aromatic rings. The number of carbonyl (C=O) groups is 1. The molecule has 0 fully saturated rings. The molecule has 8 heteroatoms. The van der Waals surface area contributed by atoms with E-state index in [1.54, 1.807) is 6.92 Å². The third kappa shape index (κ3) is 4.86. The lowest BCUT2D eigenvalue weighted by atomic mass is 10.1. The summed E-state index contributed by atoms with van der Waals surface area (Å²) in [6.07, 6.45) is -0.235. The molecule has 1 aromatic carbocycles. The molecule has 0 saturated heterocycles. The van der Waals surface area contributed by atoms with Crippen LogP contribution in [0.15, 0.2) is 28.7 Å².